The number of amides is 1. The number of nitrogens with two attached hydrogens (primary N) is 1. The van der Waals surface area contributed by atoms with Crippen LogP contribution in [0.25, 0.3) is 5.69 Å². The minimum atomic E-state index is -0.381. The Balaban J connectivity index is 0.00000169. The fourth-order valence-electron chi connectivity index (χ4n) is 3.04. The summed E-state index contributed by atoms with van der Waals surface area (Å²) in [7, 11) is 0. The Morgan fingerprint density at radius 3 is 2.58 bits per heavy atom. The average molecular weight is 401 g/mol. The molecule has 1 fully saturated rings. The Hall–Kier alpha value is -1.60. The zero-order valence-electron chi connectivity index (χ0n) is 14.9. The number of benzene rings is 1. The summed E-state index contributed by atoms with van der Waals surface area (Å²) in [5.41, 5.74) is 7.70. The first-order chi connectivity index (χ1) is 11.6. The van der Waals surface area contributed by atoms with Gasteiger partial charge in [-0.25, -0.2) is 4.98 Å². The monoisotopic (exact) mass is 400 g/mol. The van der Waals surface area contributed by atoms with E-state index in [0.717, 1.165) is 29.9 Å². The molecule has 26 heavy (non-hydrogen) atoms. The minimum absolute atomic E-state index is 0. The van der Waals surface area contributed by atoms with Gasteiger partial charge in [-0.1, -0.05) is 12.1 Å². The first-order valence-electron chi connectivity index (χ1n) is 8.34. The summed E-state index contributed by atoms with van der Waals surface area (Å²) in [6, 6.07) is 8.04. The van der Waals surface area contributed by atoms with E-state index in [9.17, 15) is 4.79 Å². The van der Waals surface area contributed by atoms with Crippen LogP contribution in [0.15, 0.2) is 36.7 Å². The SMILES string of the molecule is Cc1nccn1-c1ccc(C(C)NC(=O)[C@@H]2CC[C@H](CN)O2)cc1.Cl.Cl. The van der Waals surface area contributed by atoms with Gasteiger partial charge in [0.05, 0.1) is 12.1 Å². The van der Waals surface area contributed by atoms with Crippen molar-refractivity contribution in [2.45, 2.75) is 44.9 Å². The highest BCUT2D eigenvalue weighted by Gasteiger charge is 2.30. The number of hydrogen-bond acceptors (Lipinski definition) is 4. The first-order valence-corrected chi connectivity index (χ1v) is 8.34. The summed E-state index contributed by atoms with van der Waals surface area (Å²) in [5.74, 6) is 0.880. The van der Waals surface area contributed by atoms with Gasteiger partial charge in [0.2, 0.25) is 5.91 Å². The molecule has 1 aromatic heterocycles. The van der Waals surface area contributed by atoms with E-state index in [0.29, 0.717) is 6.54 Å². The summed E-state index contributed by atoms with van der Waals surface area (Å²) in [5, 5.41) is 3.02. The van der Waals surface area contributed by atoms with Crippen molar-refractivity contribution >= 4 is 30.7 Å². The van der Waals surface area contributed by atoms with Crippen LogP contribution in [-0.4, -0.2) is 34.2 Å². The zero-order chi connectivity index (χ0) is 17.1. The zero-order valence-corrected chi connectivity index (χ0v) is 16.6. The second-order valence-electron chi connectivity index (χ2n) is 6.23. The highest BCUT2D eigenvalue weighted by Crippen LogP contribution is 2.21. The molecule has 3 rings (SSSR count). The van der Waals surface area contributed by atoms with Gasteiger partial charge in [0.15, 0.2) is 0 Å². The van der Waals surface area contributed by atoms with Crippen molar-refractivity contribution in [1.82, 2.24) is 14.9 Å². The van der Waals surface area contributed by atoms with Gasteiger partial charge in [-0.15, -0.1) is 24.8 Å². The quantitative estimate of drug-likeness (QED) is 0.807. The van der Waals surface area contributed by atoms with Crippen molar-refractivity contribution in [2.24, 2.45) is 5.73 Å². The Morgan fingerprint density at radius 2 is 2.04 bits per heavy atom. The number of aryl methyl sites for hydroxylation is 1. The second-order valence-corrected chi connectivity index (χ2v) is 6.23. The maximum atomic E-state index is 12.3. The topological polar surface area (TPSA) is 82.2 Å². The summed E-state index contributed by atoms with van der Waals surface area (Å²) >= 11 is 0. The number of aromatic nitrogens is 2. The van der Waals surface area contributed by atoms with Gasteiger partial charge in [0.1, 0.15) is 11.9 Å². The molecule has 8 heteroatoms. The molecule has 1 aromatic carbocycles. The molecule has 1 aliphatic heterocycles. The van der Waals surface area contributed by atoms with Crippen molar-refractivity contribution in [1.29, 1.82) is 0 Å². The first kappa shape index (κ1) is 22.4. The molecular formula is C18H26Cl2N4O2. The molecule has 1 aliphatic rings. The van der Waals surface area contributed by atoms with E-state index in [1.54, 1.807) is 6.20 Å². The summed E-state index contributed by atoms with van der Waals surface area (Å²) in [4.78, 5) is 16.5. The molecule has 144 valence electrons. The number of carbonyl (C=O) groups excluding carboxylic acids is 1. The Morgan fingerprint density at radius 1 is 1.35 bits per heavy atom. The number of nitrogens with zero attached hydrogens (tertiary/aromatic N) is 2. The highest BCUT2D eigenvalue weighted by atomic mass is 35.5. The molecule has 0 spiro atoms. The largest absolute Gasteiger partial charge is 0.364 e. The summed E-state index contributed by atoms with van der Waals surface area (Å²) in [6.45, 7) is 4.41. The van der Waals surface area contributed by atoms with Crippen molar-refractivity contribution < 1.29 is 9.53 Å². The van der Waals surface area contributed by atoms with Crippen LogP contribution in [-0.2, 0) is 9.53 Å². The number of rotatable bonds is 5. The maximum Gasteiger partial charge on any atom is 0.249 e. The van der Waals surface area contributed by atoms with E-state index < -0.39 is 0 Å². The van der Waals surface area contributed by atoms with E-state index in [2.05, 4.69) is 10.3 Å². The van der Waals surface area contributed by atoms with E-state index in [-0.39, 0.29) is 49.0 Å². The van der Waals surface area contributed by atoms with Crippen LogP contribution in [0.1, 0.15) is 37.2 Å². The predicted molar refractivity (Wildman–Crippen MR) is 106 cm³/mol. The van der Waals surface area contributed by atoms with E-state index in [4.69, 9.17) is 10.5 Å². The molecular weight excluding hydrogens is 375 g/mol. The molecule has 0 saturated carbocycles. The Kier molecular flexibility index (Phi) is 8.56. The number of nitrogens with one attached hydrogen (secondary N) is 1. The van der Waals surface area contributed by atoms with E-state index >= 15 is 0 Å². The van der Waals surface area contributed by atoms with Gasteiger partial charge in [-0.05, 0) is 44.4 Å². The van der Waals surface area contributed by atoms with E-state index in [1.807, 2.05) is 48.9 Å². The molecule has 0 aliphatic carbocycles. The molecule has 3 atom stereocenters. The van der Waals surface area contributed by atoms with Crippen molar-refractivity contribution in [3.8, 4) is 5.69 Å². The van der Waals surface area contributed by atoms with Gasteiger partial charge >= 0.3 is 0 Å². The fourth-order valence-corrected chi connectivity index (χ4v) is 3.04. The van der Waals surface area contributed by atoms with Gasteiger partial charge in [0.25, 0.3) is 0 Å². The van der Waals surface area contributed by atoms with E-state index in [1.165, 1.54) is 0 Å². The number of carbonyl (C=O) groups is 1. The van der Waals surface area contributed by atoms with Crippen molar-refractivity contribution in [2.75, 3.05) is 6.54 Å². The molecule has 3 N–H and O–H groups in total. The van der Waals surface area contributed by atoms with Crippen LogP contribution in [0.2, 0.25) is 0 Å². The van der Waals surface area contributed by atoms with Crippen LogP contribution in [0.4, 0.5) is 0 Å². The van der Waals surface area contributed by atoms with Gasteiger partial charge in [-0.3, -0.25) is 4.79 Å². The average Bonchev–Trinajstić information content (AvgIpc) is 3.23. The molecule has 2 aromatic rings. The number of ether oxygens (including phenoxy) is 1. The lowest BCUT2D eigenvalue weighted by Gasteiger charge is -2.18. The lowest BCUT2D eigenvalue weighted by molar-refractivity contribution is -0.132. The lowest BCUT2D eigenvalue weighted by atomic mass is 10.1. The minimum Gasteiger partial charge on any atom is -0.364 e. The number of imidazole rings is 1. The van der Waals surface area contributed by atoms with Crippen molar-refractivity contribution in [3.63, 3.8) is 0 Å². The molecule has 1 amide bonds. The fraction of sp³-hybridized carbons (Fsp3) is 0.444. The molecule has 1 saturated heterocycles. The van der Waals surface area contributed by atoms with Gasteiger partial charge in [0, 0.05) is 24.6 Å². The normalized spacial score (nSPS) is 20.0. The molecule has 1 unspecified atom stereocenters. The van der Waals surface area contributed by atoms with Crippen LogP contribution >= 0.6 is 24.8 Å². The van der Waals surface area contributed by atoms with Crippen LogP contribution in [0, 0.1) is 6.92 Å². The number of hydrogen-bond donors (Lipinski definition) is 2. The smallest absolute Gasteiger partial charge is 0.249 e. The van der Waals surface area contributed by atoms with Crippen LogP contribution < -0.4 is 11.1 Å². The third kappa shape index (κ3) is 4.98. The second kappa shape index (κ2) is 9.92. The van der Waals surface area contributed by atoms with Crippen molar-refractivity contribution in [3.05, 3.63) is 48.0 Å². The highest BCUT2D eigenvalue weighted by molar-refractivity contribution is 5.85. The van der Waals surface area contributed by atoms with Gasteiger partial charge < -0.3 is 20.4 Å². The predicted octanol–water partition coefficient (Wildman–Crippen LogP) is 2.71. The third-order valence-electron chi connectivity index (χ3n) is 4.52. The standard InChI is InChI=1S/C18H24N4O2.2ClH/c1-12(21-18(23)17-8-7-16(11-19)24-17)14-3-5-15(6-4-14)22-10-9-20-13(22)2;;/h3-6,9-10,12,16-17H,7-8,11,19H2,1-2H3,(H,21,23);2*1H/t12?,16-,17+;;/m1../s1. The molecule has 0 radical (unpaired) electrons. The Labute approximate surface area is 166 Å². The Bertz CT molecular complexity index is 705. The lowest BCUT2D eigenvalue weighted by Crippen LogP contribution is -2.37. The summed E-state index contributed by atoms with van der Waals surface area (Å²) in [6.07, 6.45) is 4.92. The molecule has 2 heterocycles. The maximum absolute atomic E-state index is 12.3. The van der Waals surface area contributed by atoms with Crippen LogP contribution in [0.5, 0.6) is 0 Å². The number of halogens is 2. The molecule has 0 bridgehead atoms. The third-order valence-corrected chi connectivity index (χ3v) is 4.52. The molecule has 6 nitrogen and oxygen atoms in total. The van der Waals surface area contributed by atoms with Gasteiger partial charge in [-0.2, -0.15) is 0 Å². The van der Waals surface area contributed by atoms with Crippen LogP contribution in [0.3, 0.4) is 0 Å². The summed E-state index contributed by atoms with van der Waals surface area (Å²) < 4.78 is 7.66.